The Bertz CT molecular complexity index is 3030. The zero-order chi connectivity index (χ0) is 39.8. The minimum atomic E-state index is -2.48. The molecule has 5 heteroatoms. The van der Waals surface area contributed by atoms with Crippen LogP contribution in [0.4, 0.5) is 0 Å². The molecule has 0 atom stereocenters. The van der Waals surface area contributed by atoms with E-state index in [9.17, 15) is 0 Å². The standard InChI is InChI=1S/C53H43N2OP.Os/c1-6-17-38-25-28-46-48-33-53-49(34-52(48)54(4)50(46)30-38)47-29-26-39(31-51(47)55(53)5)24-27-41(32-42-36-56-35-40(42)7-2)37(3)57(43-18-11-8-12-19-43,44-20-13-9-14-21-44)45-22-15-10-16-23-45;/h6-23,25-26,28-34H,35-36H2,1-2,4-5H3;/q+1;/b17-6+,40-7?,41-37?,42-32?;. The van der Waals surface area contributed by atoms with E-state index in [0.29, 0.717) is 13.2 Å². The summed E-state index contributed by atoms with van der Waals surface area (Å²) in [6.45, 7) is 5.32. The second kappa shape index (κ2) is 15.9. The molecule has 6 aromatic carbocycles. The van der Waals surface area contributed by atoms with E-state index in [4.69, 9.17) is 4.74 Å². The van der Waals surface area contributed by atoms with Crippen LogP contribution >= 0.6 is 7.26 Å². The van der Waals surface area contributed by atoms with Gasteiger partial charge < -0.3 is 4.57 Å². The van der Waals surface area contributed by atoms with Crippen LogP contribution in [-0.2, 0) is 36.8 Å². The van der Waals surface area contributed by atoms with Crippen molar-refractivity contribution >= 4 is 72.9 Å². The zero-order valence-electron chi connectivity index (χ0n) is 33.1. The molecule has 9 rings (SSSR count). The molecule has 0 saturated carbocycles. The molecule has 0 N–H and O–H groups in total. The summed E-state index contributed by atoms with van der Waals surface area (Å²) in [5, 5.41) is 9.94. The molecular formula is C53H43N2OOsP+. The van der Waals surface area contributed by atoms with Crippen molar-refractivity contribution in [1.82, 2.24) is 9.13 Å². The molecule has 1 fully saturated rings. The van der Waals surface area contributed by atoms with Gasteiger partial charge in [-0.05, 0) is 18.6 Å². The molecule has 3 heterocycles. The van der Waals surface area contributed by atoms with Crippen LogP contribution in [0.15, 0.2) is 180 Å². The minimum absolute atomic E-state index is 0.556. The van der Waals surface area contributed by atoms with Crippen LogP contribution in [0.5, 0.6) is 0 Å². The Morgan fingerprint density at radius 1 is 0.621 bits per heavy atom. The normalized spacial score (nSPS) is 15.2. The SMILES string of the molecule is CC=C1COCC1=CC(C#Cc1ccc2c3cc4c(cc3n(C)c2c1)c1ccc(/C=C/C)cc1n4C)=C([C]#[Os])[P+](c1ccccc1)(c1ccccc1)c1ccccc1. The van der Waals surface area contributed by atoms with Crippen LogP contribution in [0.3, 0.4) is 0 Å². The van der Waals surface area contributed by atoms with Gasteiger partial charge in [0.1, 0.15) is 0 Å². The number of rotatable bonds is 6. The molecule has 0 bridgehead atoms. The molecule has 0 aliphatic carbocycles. The van der Waals surface area contributed by atoms with Gasteiger partial charge in [0.2, 0.25) is 0 Å². The molecule has 8 aromatic rings. The van der Waals surface area contributed by atoms with E-state index in [1.807, 2.05) is 0 Å². The van der Waals surface area contributed by atoms with Gasteiger partial charge in [0.15, 0.2) is 0 Å². The first-order valence-electron chi connectivity index (χ1n) is 19.7. The van der Waals surface area contributed by atoms with Crippen molar-refractivity contribution in [1.29, 1.82) is 0 Å². The molecule has 0 spiro atoms. The average Bonchev–Trinajstić information content (AvgIpc) is 3.93. The van der Waals surface area contributed by atoms with Crippen molar-refractivity contribution in [3.8, 4) is 16.2 Å². The molecule has 283 valence electrons. The summed E-state index contributed by atoms with van der Waals surface area (Å²) < 4.78 is 14.5. The predicted octanol–water partition coefficient (Wildman–Crippen LogP) is 11.0. The summed E-state index contributed by atoms with van der Waals surface area (Å²) in [5.74, 6) is 7.46. The van der Waals surface area contributed by atoms with E-state index in [0.717, 1.165) is 27.5 Å². The van der Waals surface area contributed by atoms with Crippen LogP contribution in [-0.4, -0.2) is 22.3 Å². The molecule has 3 nitrogen and oxygen atoms in total. The predicted molar refractivity (Wildman–Crippen MR) is 245 cm³/mol. The summed E-state index contributed by atoms with van der Waals surface area (Å²) in [7, 11) is 1.88. The van der Waals surface area contributed by atoms with Crippen LogP contribution in [0.1, 0.15) is 25.0 Å². The van der Waals surface area contributed by atoms with E-state index in [-0.39, 0.29) is 0 Å². The second-order valence-electron chi connectivity index (χ2n) is 14.8. The van der Waals surface area contributed by atoms with E-state index in [2.05, 4.69) is 217 Å². The summed E-state index contributed by atoms with van der Waals surface area (Å²) in [6.07, 6.45) is 8.70. The Labute approximate surface area is 351 Å². The first-order valence-corrected chi connectivity index (χ1v) is 22.7. The number of allylic oxidation sites excluding steroid dienone is 5. The van der Waals surface area contributed by atoms with Crippen molar-refractivity contribution in [2.75, 3.05) is 13.2 Å². The van der Waals surface area contributed by atoms with Gasteiger partial charge in [-0.1, -0.05) is 24.3 Å². The molecule has 2 aromatic heterocycles. The molecule has 1 saturated heterocycles. The van der Waals surface area contributed by atoms with Crippen molar-refractivity contribution in [2.45, 2.75) is 13.8 Å². The fourth-order valence-electron chi connectivity index (χ4n) is 8.70. The maximum atomic E-state index is 6.01. The Morgan fingerprint density at radius 3 is 1.67 bits per heavy atom. The number of benzene rings is 6. The molecule has 0 unspecified atom stereocenters. The van der Waals surface area contributed by atoms with E-state index in [1.165, 1.54) is 65.1 Å². The molecule has 1 aliphatic heterocycles. The van der Waals surface area contributed by atoms with E-state index in [1.54, 1.807) is 17.9 Å². The molecule has 1 aliphatic rings. The van der Waals surface area contributed by atoms with Crippen LogP contribution in [0.2, 0.25) is 0 Å². The van der Waals surface area contributed by atoms with E-state index >= 15 is 0 Å². The van der Waals surface area contributed by atoms with Crippen molar-refractivity contribution in [3.05, 3.63) is 191 Å². The van der Waals surface area contributed by atoms with Gasteiger partial charge in [-0.15, -0.1) is 0 Å². The van der Waals surface area contributed by atoms with Crippen LogP contribution in [0.25, 0.3) is 49.7 Å². The maximum absolute atomic E-state index is 6.01. The zero-order valence-corrected chi connectivity index (χ0v) is 36.5. The third-order valence-electron chi connectivity index (χ3n) is 11.6. The average molecular weight is 945 g/mol. The topological polar surface area (TPSA) is 19.1 Å². The number of aromatic nitrogens is 2. The fourth-order valence-corrected chi connectivity index (χ4v) is 14.4. The molecular weight excluding hydrogens is 902 g/mol. The molecule has 0 radical (unpaired) electrons. The number of hydrogen-bond acceptors (Lipinski definition) is 1. The quantitative estimate of drug-likeness (QED) is 0.120. The second-order valence-corrected chi connectivity index (χ2v) is 18.7. The van der Waals surface area contributed by atoms with Gasteiger partial charge in [-0.25, -0.2) is 0 Å². The Balaban J connectivity index is 1.27. The summed E-state index contributed by atoms with van der Waals surface area (Å²) in [5.41, 5.74) is 10.4. The van der Waals surface area contributed by atoms with Gasteiger partial charge in [0, 0.05) is 18.0 Å². The number of aryl methyl sites for hydroxylation is 2. The molecule has 58 heavy (non-hydrogen) atoms. The van der Waals surface area contributed by atoms with Gasteiger partial charge in [0.25, 0.3) is 0 Å². The van der Waals surface area contributed by atoms with E-state index < -0.39 is 7.26 Å². The van der Waals surface area contributed by atoms with Gasteiger partial charge in [-0.3, -0.25) is 0 Å². The first-order chi connectivity index (χ1) is 28.5. The summed E-state index contributed by atoms with van der Waals surface area (Å²) in [4.78, 5) is 0. The molecule has 0 amide bonds. The van der Waals surface area contributed by atoms with Crippen molar-refractivity contribution in [2.24, 2.45) is 14.1 Å². The van der Waals surface area contributed by atoms with Crippen LogP contribution < -0.4 is 15.9 Å². The Hall–Kier alpha value is -5.75. The third kappa shape index (κ3) is 6.38. The number of fused-ring (bicyclic) bond motifs is 6. The van der Waals surface area contributed by atoms with Crippen molar-refractivity contribution < 1.29 is 22.7 Å². The van der Waals surface area contributed by atoms with Gasteiger partial charge in [-0.2, -0.15) is 0 Å². The number of ether oxygens (including phenoxy) is 1. The van der Waals surface area contributed by atoms with Gasteiger partial charge in [0.05, 0.1) is 0 Å². The Kier molecular flexibility index (Phi) is 10.4. The van der Waals surface area contributed by atoms with Crippen LogP contribution in [0, 0.1) is 16.2 Å². The Morgan fingerprint density at radius 2 is 1.14 bits per heavy atom. The summed E-state index contributed by atoms with van der Waals surface area (Å²) >= 11 is 1.79. The number of nitrogens with zero attached hydrogens (tertiary/aromatic N) is 2. The third-order valence-corrected chi connectivity index (χ3v) is 16.9. The fraction of sp³-hybridized carbons (Fsp3) is 0.113. The summed E-state index contributed by atoms with van der Waals surface area (Å²) in [6, 6.07) is 51.1. The first kappa shape index (κ1) is 37.8. The van der Waals surface area contributed by atoms with Gasteiger partial charge >= 0.3 is 288 Å². The monoisotopic (exact) mass is 946 g/mol. The van der Waals surface area contributed by atoms with Crippen molar-refractivity contribution in [3.63, 3.8) is 0 Å². The number of hydrogen-bond donors (Lipinski definition) is 0.